The van der Waals surface area contributed by atoms with Crippen LogP contribution >= 0.6 is 11.6 Å². The number of anilines is 4. The summed E-state index contributed by atoms with van der Waals surface area (Å²) in [7, 11) is 0. The van der Waals surface area contributed by atoms with Gasteiger partial charge in [0.2, 0.25) is 5.95 Å². The predicted molar refractivity (Wildman–Crippen MR) is 120 cm³/mol. The maximum Gasteiger partial charge on any atom is 0.323 e. The maximum absolute atomic E-state index is 12.2. The SMILES string of the molecule is Cc1ccc(NC(=O)Nc2cnc(N3CCN(c4ccccn4)CC3)nc2)c(Cl)c1. The van der Waals surface area contributed by atoms with E-state index in [-0.39, 0.29) is 0 Å². The van der Waals surface area contributed by atoms with Crippen LogP contribution in [0.2, 0.25) is 5.02 Å². The van der Waals surface area contributed by atoms with Gasteiger partial charge in [0.1, 0.15) is 5.82 Å². The minimum atomic E-state index is -0.402. The monoisotopic (exact) mass is 423 g/mol. The van der Waals surface area contributed by atoms with Gasteiger partial charge in [0.25, 0.3) is 0 Å². The third kappa shape index (κ3) is 4.77. The first kappa shape index (κ1) is 19.9. The molecule has 2 aromatic heterocycles. The summed E-state index contributed by atoms with van der Waals surface area (Å²) in [6, 6.07) is 11.0. The summed E-state index contributed by atoms with van der Waals surface area (Å²) in [5.74, 6) is 1.63. The third-order valence-electron chi connectivity index (χ3n) is 4.80. The van der Waals surface area contributed by atoms with Gasteiger partial charge in [-0.05, 0) is 36.8 Å². The normalized spacial score (nSPS) is 13.8. The highest BCUT2D eigenvalue weighted by Gasteiger charge is 2.19. The van der Waals surface area contributed by atoms with Gasteiger partial charge in [-0.25, -0.2) is 19.7 Å². The predicted octanol–water partition coefficient (Wildman–Crippen LogP) is 3.80. The minimum absolute atomic E-state index is 0.402. The van der Waals surface area contributed by atoms with Crippen LogP contribution in [-0.2, 0) is 0 Å². The summed E-state index contributed by atoms with van der Waals surface area (Å²) in [6.45, 7) is 5.23. The molecule has 1 saturated heterocycles. The summed E-state index contributed by atoms with van der Waals surface area (Å²) >= 11 is 6.15. The molecule has 2 N–H and O–H groups in total. The zero-order valence-electron chi connectivity index (χ0n) is 16.5. The lowest BCUT2D eigenvalue weighted by molar-refractivity contribution is 0.262. The quantitative estimate of drug-likeness (QED) is 0.663. The number of nitrogens with zero attached hydrogens (tertiary/aromatic N) is 5. The molecule has 3 heterocycles. The Labute approximate surface area is 179 Å². The van der Waals surface area contributed by atoms with E-state index in [0.29, 0.717) is 22.3 Å². The van der Waals surface area contributed by atoms with E-state index in [9.17, 15) is 4.79 Å². The fraction of sp³-hybridized carbons (Fsp3) is 0.238. The Bertz CT molecular complexity index is 1010. The van der Waals surface area contributed by atoms with Gasteiger partial charge < -0.3 is 20.4 Å². The lowest BCUT2D eigenvalue weighted by atomic mass is 10.2. The van der Waals surface area contributed by atoms with E-state index >= 15 is 0 Å². The highest BCUT2D eigenvalue weighted by atomic mass is 35.5. The smallest absolute Gasteiger partial charge is 0.323 e. The number of carbonyl (C=O) groups excluding carboxylic acids is 1. The fourth-order valence-corrected chi connectivity index (χ4v) is 3.51. The molecular formula is C21H22ClN7O. The Morgan fingerprint density at radius 1 is 0.967 bits per heavy atom. The third-order valence-corrected chi connectivity index (χ3v) is 5.12. The molecule has 3 aromatic rings. The molecule has 154 valence electrons. The summed E-state index contributed by atoms with van der Waals surface area (Å²) in [6.07, 6.45) is 5.01. The highest BCUT2D eigenvalue weighted by Crippen LogP contribution is 2.23. The number of benzene rings is 1. The van der Waals surface area contributed by atoms with Crippen molar-refractivity contribution in [1.82, 2.24) is 15.0 Å². The van der Waals surface area contributed by atoms with Crippen LogP contribution < -0.4 is 20.4 Å². The van der Waals surface area contributed by atoms with Gasteiger partial charge in [0, 0.05) is 32.4 Å². The molecule has 4 rings (SSSR count). The van der Waals surface area contributed by atoms with Crippen LogP contribution in [0.25, 0.3) is 0 Å². The number of urea groups is 1. The van der Waals surface area contributed by atoms with Crippen LogP contribution in [0.3, 0.4) is 0 Å². The molecule has 0 saturated carbocycles. The number of nitrogens with one attached hydrogen (secondary N) is 2. The number of pyridine rings is 1. The van der Waals surface area contributed by atoms with Gasteiger partial charge in [-0.2, -0.15) is 0 Å². The van der Waals surface area contributed by atoms with E-state index in [1.165, 1.54) is 0 Å². The van der Waals surface area contributed by atoms with Crippen molar-refractivity contribution in [3.63, 3.8) is 0 Å². The lowest BCUT2D eigenvalue weighted by Gasteiger charge is -2.35. The van der Waals surface area contributed by atoms with Crippen molar-refractivity contribution in [2.45, 2.75) is 6.92 Å². The Morgan fingerprint density at radius 3 is 2.37 bits per heavy atom. The average Bonchev–Trinajstić information content (AvgIpc) is 2.77. The van der Waals surface area contributed by atoms with Crippen molar-refractivity contribution >= 4 is 40.8 Å². The Balaban J connectivity index is 1.31. The molecule has 2 amide bonds. The summed E-state index contributed by atoms with van der Waals surface area (Å²) in [4.78, 5) is 29.8. The number of piperazine rings is 1. The van der Waals surface area contributed by atoms with Crippen LogP contribution in [0.1, 0.15) is 5.56 Å². The highest BCUT2D eigenvalue weighted by molar-refractivity contribution is 6.33. The Morgan fingerprint density at radius 2 is 1.70 bits per heavy atom. The van der Waals surface area contributed by atoms with Gasteiger partial charge >= 0.3 is 6.03 Å². The molecule has 0 aliphatic carbocycles. The first-order chi connectivity index (χ1) is 14.6. The Kier molecular flexibility index (Phi) is 5.94. The van der Waals surface area contributed by atoms with Crippen LogP contribution in [0.5, 0.6) is 0 Å². The molecule has 1 aliphatic rings. The maximum atomic E-state index is 12.2. The molecule has 0 spiro atoms. The second kappa shape index (κ2) is 8.96. The van der Waals surface area contributed by atoms with Crippen molar-refractivity contribution in [1.29, 1.82) is 0 Å². The van der Waals surface area contributed by atoms with E-state index in [1.807, 2.05) is 31.2 Å². The van der Waals surface area contributed by atoms with Gasteiger partial charge in [-0.3, -0.25) is 0 Å². The molecule has 8 nitrogen and oxygen atoms in total. The average molecular weight is 424 g/mol. The van der Waals surface area contributed by atoms with Crippen LogP contribution in [0, 0.1) is 6.92 Å². The lowest BCUT2D eigenvalue weighted by Crippen LogP contribution is -2.47. The van der Waals surface area contributed by atoms with Gasteiger partial charge in [0.05, 0.1) is 28.8 Å². The second-order valence-corrected chi connectivity index (χ2v) is 7.40. The molecule has 0 atom stereocenters. The standard InChI is InChI=1S/C21H22ClN7O/c1-15-5-6-18(17(22)12-15)27-21(30)26-16-13-24-20(25-14-16)29-10-8-28(9-11-29)19-4-2-3-7-23-19/h2-7,12-14H,8-11H2,1H3,(H2,26,27,30). The molecule has 9 heteroatoms. The van der Waals surface area contributed by atoms with Crippen LogP contribution in [0.15, 0.2) is 55.0 Å². The van der Waals surface area contributed by atoms with Crippen molar-refractivity contribution in [3.8, 4) is 0 Å². The number of aryl methyl sites for hydroxylation is 1. The van der Waals surface area contributed by atoms with Crippen molar-refractivity contribution in [2.24, 2.45) is 0 Å². The topological polar surface area (TPSA) is 86.3 Å². The zero-order valence-corrected chi connectivity index (χ0v) is 17.3. The molecule has 0 radical (unpaired) electrons. The number of hydrogen-bond acceptors (Lipinski definition) is 6. The first-order valence-electron chi connectivity index (χ1n) is 9.65. The number of carbonyl (C=O) groups is 1. The number of amides is 2. The number of halogens is 1. The van der Waals surface area contributed by atoms with E-state index in [0.717, 1.165) is 37.6 Å². The number of rotatable bonds is 4. The van der Waals surface area contributed by atoms with Crippen molar-refractivity contribution < 1.29 is 4.79 Å². The number of hydrogen-bond donors (Lipinski definition) is 2. The Hall–Kier alpha value is -3.39. The molecule has 1 aromatic carbocycles. The summed E-state index contributed by atoms with van der Waals surface area (Å²) < 4.78 is 0. The minimum Gasteiger partial charge on any atom is -0.353 e. The van der Waals surface area contributed by atoms with Crippen LogP contribution in [0.4, 0.5) is 27.9 Å². The van der Waals surface area contributed by atoms with E-state index < -0.39 is 6.03 Å². The molecular weight excluding hydrogens is 402 g/mol. The molecule has 30 heavy (non-hydrogen) atoms. The molecule has 0 unspecified atom stereocenters. The van der Waals surface area contributed by atoms with Gasteiger partial charge in [-0.15, -0.1) is 0 Å². The van der Waals surface area contributed by atoms with E-state index in [1.54, 1.807) is 30.7 Å². The fourth-order valence-electron chi connectivity index (χ4n) is 3.23. The van der Waals surface area contributed by atoms with E-state index in [4.69, 9.17) is 11.6 Å². The molecule has 0 bridgehead atoms. The van der Waals surface area contributed by atoms with E-state index in [2.05, 4.69) is 35.4 Å². The van der Waals surface area contributed by atoms with Crippen LogP contribution in [-0.4, -0.2) is 47.2 Å². The molecule has 1 fully saturated rings. The first-order valence-corrected chi connectivity index (χ1v) is 10.0. The second-order valence-electron chi connectivity index (χ2n) is 7.00. The molecule has 1 aliphatic heterocycles. The van der Waals surface area contributed by atoms with Crippen molar-refractivity contribution in [3.05, 3.63) is 65.6 Å². The van der Waals surface area contributed by atoms with Gasteiger partial charge in [0.15, 0.2) is 0 Å². The largest absolute Gasteiger partial charge is 0.353 e. The van der Waals surface area contributed by atoms with Crippen molar-refractivity contribution in [2.75, 3.05) is 46.6 Å². The van der Waals surface area contributed by atoms with Gasteiger partial charge in [-0.1, -0.05) is 23.7 Å². The number of aromatic nitrogens is 3. The summed E-state index contributed by atoms with van der Waals surface area (Å²) in [5.41, 5.74) is 2.07. The summed E-state index contributed by atoms with van der Waals surface area (Å²) in [5, 5.41) is 5.93. The zero-order chi connectivity index (χ0) is 20.9.